The van der Waals surface area contributed by atoms with E-state index in [2.05, 4.69) is 37.6 Å². The minimum Gasteiger partial charge on any atom is -0.382 e. The SMILES string of the molecule is C=C(NC(CC1CC1)C(=C)CC(=O)NC(C(=O)C(C)C)C1C=CC=CC=C1)C(C)CCCC. The Morgan fingerprint density at radius 3 is 2.18 bits per heavy atom. The fourth-order valence-electron chi connectivity index (χ4n) is 4.13. The third-order valence-electron chi connectivity index (χ3n) is 6.67. The Hall–Kier alpha value is -2.36. The van der Waals surface area contributed by atoms with Crippen molar-refractivity contribution >= 4 is 11.7 Å². The van der Waals surface area contributed by atoms with Crippen LogP contribution in [0.2, 0.25) is 0 Å². The summed E-state index contributed by atoms with van der Waals surface area (Å²) in [5, 5.41) is 6.62. The number of rotatable bonds is 15. The van der Waals surface area contributed by atoms with Crippen LogP contribution in [0.15, 0.2) is 60.9 Å². The molecule has 1 fully saturated rings. The van der Waals surface area contributed by atoms with Gasteiger partial charge < -0.3 is 10.6 Å². The van der Waals surface area contributed by atoms with Crippen LogP contribution in [0.1, 0.15) is 72.6 Å². The smallest absolute Gasteiger partial charge is 0.224 e. The molecular formula is C29H44N2O2. The number of hydrogen-bond donors (Lipinski definition) is 2. The Morgan fingerprint density at radius 1 is 1.00 bits per heavy atom. The Balaban J connectivity index is 2.03. The topological polar surface area (TPSA) is 58.2 Å². The number of nitrogens with one attached hydrogen (secondary N) is 2. The largest absolute Gasteiger partial charge is 0.382 e. The van der Waals surface area contributed by atoms with Gasteiger partial charge in [-0.15, -0.1) is 0 Å². The van der Waals surface area contributed by atoms with Gasteiger partial charge >= 0.3 is 0 Å². The minimum atomic E-state index is -0.573. The Morgan fingerprint density at radius 2 is 1.64 bits per heavy atom. The van der Waals surface area contributed by atoms with Crippen molar-refractivity contribution in [2.75, 3.05) is 0 Å². The first-order chi connectivity index (χ1) is 15.7. The summed E-state index contributed by atoms with van der Waals surface area (Å²) in [4.78, 5) is 26.0. The Kier molecular flexibility index (Phi) is 10.9. The van der Waals surface area contributed by atoms with Crippen LogP contribution < -0.4 is 10.6 Å². The minimum absolute atomic E-state index is 0.0425. The maximum Gasteiger partial charge on any atom is 0.224 e. The summed E-state index contributed by atoms with van der Waals surface area (Å²) < 4.78 is 0. The first-order valence-corrected chi connectivity index (χ1v) is 12.7. The van der Waals surface area contributed by atoms with Crippen LogP contribution in [0, 0.1) is 23.7 Å². The van der Waals surface area contributed by atoms with Crippen LogP contribution in [-0.2, 0) is 9.59 Å². The molecule has 3 unspecified atom stereocenters. The van der Waals surface area contributed by atoms with Crippen molar-refractivity contribution in [3.63, 3.8) is 0 Å². The average molecular weight is 453 g/mol. The summed E-state index contributed by atoms with van der Waals surface area (Å²) in [5.41, 5.74) is 1.90. The molecule has 2 rings (SSSR count). The molecule has 2 aliphatic carbocycles. The van der Waals surface area contributed by atoms with Gasteiger partial charge in [-0.25, -0.2) is 0 Å². The second-order valence-electron chi connectivity index (χ2n) is 10.1. The second-order valence-corrected chi connectivity index (χ2v) is 10.1. The lowest BCUT2D eigenvalue weighted by Crippen LogP contribution is -2.47. The summed E-state index contributed by atoms with van der Waals surface area (Å²) in [7, 11) is 0. The molecule has 2 N–H and O–H groups in total. The molecule has 0 radical (unpaired) electrons. The fraction of sp³-hybridized carbons (Fsp3) is 0.586. The van der Waals surface area contributed by atoms with E-state index in [1.807, 2.05) is 50.3 Å². The summed E-state index contributed by atoms with van der Waals surface area (Å²) in [6.07, 6.45) is 18.8. The molecule has 1 amide bonds. The van der Waals surface area contributed by atoms with Crippen LogP contribution >= 0.6 is 0 Å². The fourth-order valence-corrected chi connectivity index (χ4v) is 4.13. The number of carbonyl (C=O) groups excluding carboxylic acids is 2. The number of carbonyl (C=O) groups is 2. The van der Waals surface area contributed by atoms with Crippen molar-refractivity contribution in [1.29, 1.82) is 0 Å². The molecule has 4 heteroatoms. The van der Waals surface area contributed by atoms with Gasteiger partial charge in [0, 0.05) is 30.0 Å². The molecule has 0 saturated heterocycles. The van der Waals surface area contributed by atoms with Gasteiger partial charge in [-0.05, 0) is 30.3 Å². The van der Waals surface area contributed by atoms with Crippen LogP contribution in [0.4, 0.5) is 0 Å². The summed E-state index contributed by atoms with van der Waals surface area (Å²) in [5.74, 6) is 0.667. The van der Waals surface area contributed by atoms with Gasteiger partial charge in [0.05, 0.1) is 6.04 Å². The molecular weight excluding hydrogens is 408 g/mol. The average Bonchev–Trinajstić information content (AvgIpc) is 3.61. The van der Waals surface area contributed by atoms with Crippen LogP contribution in [0.25, 0.3) is 0 Å². The summed E-state index contributed by atoms with van der Waals surface area (Å²) >= 11 is 0. The molecule has 2 aliphatic rings. The molecule has 0 aromatic heterocycles. The van der Waals surface area contributed by atoms with Crippen molar-refractivity contribution in [3.8, 4) is 0 Å². The lowest BCUT2D eigenvalue weighted by Gasteiger charge is -2.28. The monoisotopic (exact) mass is 452 g/mol. The number of hydrogen-bond acceptors (Lipinski definition) is 3. The molecule has 0 heterocycles. The Bertz CT molecular complexity index is 769. The zero-order valence-electron chi connectivity index (χ0n) is 21.1. The third kappa shape index (κ3) is 9.19. The van der Waals surface area contributed by atoms with Gasteiger partial charge in [-0.1, -0.05) is 103 Å². The number of unbranched alkanes of at least 4 members (excludes halogenated alkanes) is 1. The van der Waals surface area contributed by atoms with E-state index in [4.69, 9.17) is 0 Å². The highest BCUT2D eigenvalue weighted by Crippen LogP contribution is 2.35. The van der Waals surface area contributed by atoms with E-state index in [-0.39, 0.29) is 36.0 Å². The van der Waals surface area contributed by atoms with E-state index in [9.17, 15) is 9.59 Å². The van der Waals surface area contributed by atoms with Crippen LogP contribution in [0.3, 0.4) is 0 Å². The van der Waals surface area contributed by atoms with E-state index < -0.39 is 6.04 Å². The normalized spacial score (nSPS) is 18.5. The molecule has 1 saturated carbocycles. The second kappa shape index (κ2) is 13.4. The maximum absolute atomic E-state index is 13.0. The number of allylic oxidation sites excluding steroid dienone is 5. The zero-order valence-corrected chi connectivity index (χ0v) is 21.1. The van der Waals surface area contributed by atoms with E-state index in [0.29, 0.717) is 11.8 Å². The number of Topliss-reactive ketones (excluding diaryl/α,β-unsaturated/α-hetero) is 1. The molecule has 0 aromatic carbocycles. The van der Waals surface area contributed by atoms with E-state index in [0.717, 1.165) is 24.1 Å². The predicted molar refractivity (Wildman–Crippen MR) is 139 cm³/mol. The standard InChI is InChI=1S/C29H44N2O2/c1-7-8-13-21(4)23(6)30-26(19-24-16-17-24)22(5)18-27(32)31-28(29(33)20(2)3)25-14-11-9-10-12-15-25/h9-12,14-15,20-21,24-26,28,30H,5-8,13,16-19H2,1-4H3,(H,31,32). The Labute approximate surface area is 201 Å². The molecule has 3 atom stereocenters. The van der Waals surface area contributed by atoms with Crippen molar-refractivity contribution < 1.29 is 9.59 Å². The first kappa shape index (κ1) is 26.9. The van der Waals surface area contributed by atoms with Gasteiger partial charge in [0.1, 0.15) is 0 Å². The number of amides is 1. The first-order valence-electron chi connectivity index (χ1n) is 12.7. The van der Waals surface area contributed by atoms with Crippen LogP contribution in [-0.4, -0.2) is 23.8 Å². The van der Waals surface area contributed by atoms with E-state index in [1.54, 1.807) is 0 Å². The summed E-state index contributed by atoms with van der Waals surface area (Å²) in [6, 6.07) is -0.530. The van der Waals surface area contributed by atoms with Crippen molar-refractivity contribution in [1.82, 2.24) is 10.6 Å². The highest BCUT2D eigenvalue weighted by molar-refractivity contribution is 5.91. The molecule has 0 bridgehead atoms. The van der Waals surface area contributed by atoms with Gasteiger partial charge in [-0.2, -0.15) is 0 Å². The predicted octanol–water partition coefficient (Wildman–Crippen LogP) is 6.04. The lowest BCUT2D eigenvalue weighted by atomic mass is 9.89. The van der Waals surface area contributed by atoms with Crippen LogP contribution in [0.5, 0.6) is 0 Å². The maximum atomic E-state index is 13.0. The lowest BCUT2D eigenvalue weighted by molar-refractivity contribution is -0.129. The highest BCUT2D eigenvalue weighted by Gasteiger charge is 2.31. The van der Waals surface area contributed by atoms with Crippen molar-refractivity contribution in [2.24, 2.45) is 23.7 Å². The molecule has 33 heavy (non-hydrogen) atoms. The van der Waals surface area contributed by atoms with Crippen molar-refractivity contribution in [3.05, 3.63) is 60.9 Å². The highest BCUT2D eigenvalue weighted by atomic mass is 16.2. The van der Waals surface area contributed by atoms with Gasteiger partial charge in [-0.3, -0.25) is 9.59 Å². The van der Waals surface area contributed by atoms with Gasteiger partial charge in [0.15, 0.2) is 5.78 Å². The molecule has 4 nitrogen and oxygen atoms in total. The quantitative estimate of drug-likeness (QED) is 0.298. The molecule has 0 spiro atoms. The van der Waals surface area contributed by atoms with Gasteiger partial charge in [0.25, 0.3) is 0 Å². The van der Waals surface area contributed by atoms with Gasteiger partial charge in [0.2, 0.25) is 5.91 Å². The number of ketones is 1. The van der Waals surface area contributed by atoms with E-state index >= 15 is 0 Å². The molecule has 0 aromatic rings. The summed E-state index contributed by atoms with van der Waals surface area (Å²) in [6.45, 7) is 16.7. The third-order valence-corrected chi connectivity index (χ3v) is 6.67. The molecule has 0 aliphatic heterocycles. The van der Waals surface area contributed by atoms with Crippen molar-refractivity contribution in [2.45, 2.75) is 84.7 Å². The van der Waals surface area contributed by atoms with E-state index in [1.165, 1.54) is 25.7 Å². The molecule has 182 valence electrons. The zero-order chi connectivity index (χ0) is 24.4.